The average molecular weight is 418 g/mol. The molecule has 2 fully saturated rings. The highest BCUT2D eigenvalue weighted by Crippen LogP contribution is 2.43. The molecule has 8 heteroatoms. The second kappa shape index (κ2) is 7.45. The molecule has 6 rings (SSSR count). The third-order valence-electron chi connectivity index (χ3n) is 6.07. The van der Waals surface area contributed by atoms with Gasteiger partial charge in [0.15, 0.2) is 0 Å². The van der Waals surface area contributed by atoms with Crippen molar-refractivity contribution in [2.45, 2.75) is 25.3 Å². The van der Waals surface area contributed by atoms with Crippen LogP contribution in [0.1, 0.15) is 29.3 Å². The Morgan fingerprint density at radius 1 is 1.03 bits per heavy atom. The van der Waals surface area contributed by atoms with Gasteiger partial charge in [-0.25, -0.2) is 4.98 Å². The quantitative estimate of drug-likeness (QED) is 0.534. The maximum absolute atomic E-state index is 4.81. The van der Waals surface area contributed by atoms with Crippen molar-refractivity contribution >= 4 is 27.2 Å². The van der Waals surface area contributed by atoms with Crippen molar-refractivity contribution in [1.29, 1.82) is 0 Å². The minimum absolute atomic E-state index is 0.671. The van der Waals surface area contributed by atoms with E-state index in [1.54, 1.807) is 0 Å². The number of aromatic nitrogens is 5. The Morgan fingerprint density at radius 2 is 1.90 bits per heavy atom. The lowest BCUT2D eigenvalue weighted by Crippen LogP contribution is -2.46. The lowest BCUT2D eigenvalue weighted by molar-refractivity contribution is 0.250. The number of benzene rings is 2. The van der Waals surface area contributed by atoms with Crippen molar-refractivity contribution in [3.05, 3.63) is 53.0 Å². The molecule has 152 valence electrons. The van der Waals surface area contributed by atoms with E-state index in [1.165, 1.54) is 33.8 Å². The molecule has 1 aliphatic carbocycles. The SMILES string of the molecule is c1ccc2sc(CN3CCN(c4cc(C5CC5)ccc4-c4nn[nH]n4)CC3)nc2c1. The molecule has 1 saturated heterocycles. The van der Waals surface area contributed by atoms with Gasteiger partial charge in [0.2, 0.25) is 5.82 Å². The van der Waals surface area contributed by atoms with E-state index in [9.17, 15) is 0 Å². The van der Waals surface area contributed by atoms with E-state index in [0.29, 0.717) is 5.82 Å². The first-order valence-electron chi connectivity index (χ1n) is 10.5. The molecule has 4 aromatic rings. The van der Waals surface area contributed by atoms with E-state index in [-0.39, 0.29) is 0 Å². The van der Waals surface area contributed by atoms with Crippen molar-refractivity contribution in [1.82, 2.24) is 30.5 Å². The van der Waals surface area contributed by atoms with Gasteiger partial charge in [-0.3, -0.25) is 4.90 Å². The second-order valence-corrected chi connectivity index (χ2v) is 9.24. The molecule has 2 aromatic heterocycles. The number of hydrogen-bond donors (Lipinski definition) is 1. The van der Waals surface area contributed by atoms with Crippen LogP contribution >= 0.6 is 11.3 Å². The van der Waals surface area contributed by atoms with Gasteiger partial charge in [0, 0.05) is 37.4 Å². The molecule has 2 aromatic carbocycles. The number of rotatable bonds is 5. The standard InChI is InChI=1S/C22H23N7S/c1-2-4-20-18(3-1)23-21(30-20)14-28-9-11-29(12-10-28)19-13-16(15-5-6-15)7-8-17(19)22-24-26-27-25-22/h1-4,7-8,13,15H,5-6,9-12,14H2,(H,24,25,26,27). The average Bonchev–Trinajstić information content (AvgIpc) is 3.33. The Bertz CT molecular complexity index is 1120. The van der Waals surface area contributed by atoms with Crippen LogP contribution in [0.25, 0.3) is 21.6 Å². The molecule has 1 saturated carbocycles. The fraction of sp³-hybridized carbons (Fsp3) is 0.364. The number of piperazine rings is 1. The monoisotopic (exact) mass is 417 g/mol. The van der Waals surface area contributed by atoms with E-state index in [1.807, 2.05) is 11.3 Å². The zero-order valence-corrected chi connectivity index (χ0v) is 17.5. The maximum Gasteiger partial charge on any atom is 0.206 e. The number of thiazole rings is 1. The fourth-order valence-electron chi connectivity index (χ4n) is 4.27. The normalized spacial score (nSPS) is 17.7. The lowest BCUT2D eigenvalue weighted by Gasteiger charge is -2.36. The van der Waals surface area contributed by atoms with E-state index < -0.39 is 0 Å². The number of H-pyrrole nitrogens is 1. The molecule has 2 aliphatic rings. The molecular weight excluding hydrogens is 394 g/mol. The summed E-state index contributed by atoms with van der Waals surface area (Å²) in [5.41, 5.74) is 4.85. The first kappa shape index (κ1) is 18.0. The number of hydrogen-bond acceptors (Lipinski definition) is 7. The third-order valence-corrected chi connectivity index (χ3v) is 7.09. The Balaban J connectivity index is 1.20. The highest BCUT2D eigenvalue weighted by molar-refractivity contribution is 7.18. The van der Waals surface area contributed by atoms with Crippen molar-refractivity contribution in [3.63, 3.8) is 0 Å². The van der Waals surface area contributed by atoms with Crippen LogP contribution in [0, 0.1) is 0 Å². The van der Waals surface area contributed by atoms with Gasteiger partial charge < -0.3 is 4.90 Å². The van der Waals surface area contributed by atoms with Crippen LogP contribution in [0.5, 0.6) is 0 Å². The second-order valence-electron chi connectivity index (χ2n) is 8.12. The molecule has 0 radical (unpaired) electrons. The van der Waals surface area contributed by atoms with Gasteiger partial charge in [-0.15, -0.1) is 21.5 Å². The van der Waals surface area contributed by atoms with Gasteiger partial charge in [-0.05, 0) is 53.8 Å². The van der Waals surface area contributed by atoms with E-state index in [2.05, 4.69) is 72.9 Å². The zero-order valence-electron chi connectivity index (χ0n) is 16.7. The number of nitrogens with zero attached hydrogens (tertiary/aromatic N) is 6. The van der Waals surface area contributed by atoms with Gasteiger partial charge >= 0.3 is 0 Å². The predicted molar refractivity (Wildman–Crippen MR) is 119 cm³/mol. The molecule has 0 amide bonds. The summed E-state index contributed by atoms with van der Waals surface area (Å²) < 4.78 is 1.27. The number of aromatic amines is 1. The summed E-state index contributed by atoms with van der Waals surface area (Å²) in [6.07, 6.45) is 2.61. The van der Waals surface area contributed by atoms with Gasteiger partial charge in [0.25, 0.3) is 0 Å². The molecule has 30 heavy (non-hydrogen) atoms. The molecule has 0 spiro atoms. The number of tetrazole rings is 1. The molecule has 0 bridgehead atoms. The largest absolute Gasteiger partial charge is 0.368 e. The van der Waals surface area contributed by atoms with Crippen LogP contribution in [-0.2, 0) is 6.54 Å². The van der Waals surface area contributed by atoms with Crippen molar-refractivity contribution in [3.8, 4) is 11.4 Å². The summed E-state index contributed by atoms with van der Waals surface area (Å²) >= 11 is 1.81. The Morgan fingerprint density at radius 3 is 2.67 bits per heavy atom. The molecule has 3 heterocycles. The lowest BCUT2D eigenvalue weighted by atomic mass is 10.0. The Hall–Kier alpha value is -2.84. The third kappa shape index (κ3) is 3.46. The van der Waals surface area contributed by atoms with Crippen molar-refractivity contribution in [2.24, 2.45) is 0 Å². The summed E-state index contributed by atoms with van der Waals surface area (Å²) in [6, 6.07) is 15.1. The minimum atomic E-state index is 0.671. The van der Waals surface area contributed by atoms with Gasteiger partial charge in [0.05, 0.1) is 16.8 Å². The van der Waals surface area contributed by atoms with Crippen molar-refractivity contribution in [2.75, 3.05) is 31.1 Å². The van der Waals surface area contributed by atoms with Crippen LogP contribution in [0.15, 0.2) is 42.5 Å². The number of nitrogens with one attached hydrogen (secondary N) is 1. The molecule has 7 nitrogen and oxygen atoms in total. The van der Waals surface area contributed by atoms with Crippen LogP contribution in [-0.4, -0.2) is 56.7 Å². The summed E-state index contributed by atoms with van der Waals surface area (Å²) in [5.74, 6) is 1.40. The summed E-state index contributed by atoms with van der Waals surface area (Å²) in [6.45, 7) is 4.95. The Kier molecular flexibility index (Phi) is 4.46. The topological polar surface area (TPSA) is 73.8 Å². The summed E-state index contributed by atoms with van der Waals surface area (Å²) in [4.78, 5) is 9.79. The van der Waals surface area contributed by atoms with E-state index >= 15 is 0 Å². The molecule has 0 atom stereocenters. The number of para-hydroxylation sites is 1. The fourth-order valence-corrected chi connectivity index (χ4v) is 5.28. The van der Waals surface area contributed by atoms with Crippen molar-refractivity contribution < 1.29 is 0 Å². The highest BCUT2D eigenvalue weighted by atomic mass is 32.1. The first-order valence-corrected chi connectivity index (χ1v) is 11.3. The summed E-state index contributed by atoms with van der Waals surface area (Å²) in [7, 11) is 0. The maximum atomic E-state index is 4.81. The van der Waals surface area contributed by atoms with E-state index in [0.717, 1.165) is 49.7 Å². The number of fused-ring (bicyclic) bond motifs is 1. The highest BCUT2D eigenvalue weighted by Gasteiger charge is 2.27. The molecule has 1 aliphatic heterocycles. The first-order chi connectivity index (χ1) is 14.8. The van der Waals surface area contributed by atoms with Gasteiger partial charge in [0.1, 0.15) is 5.01 Å². The molecular formula is C22H23N7S. The van der Waals surface area contributed by atoms with Gasteiger partial charge in [-0.2, -0.15) is 5.21 Å². The summed E-state index contributed by atoms with van der Waals surface area (Å²) in [5, 5.41) is 16.0. The van der Waals surface area contributed by atoms with Crippen LogP contribution in [0.4, 0.5) is 5.69 Å². The zero-order chi connectivity index (χ0) is 19.9. The van der Waals surface area contributed by atoms with E-state index in [4.69, 9.17) is 4.98 Å². The predicted octanol–water partition coefficient (Wildman–Crippen LogP) is 3.68. The van der Waals surface area contributed by atoms with Gasteiger partial charge in [-0.1, -0.05) is 18.2 Å². The Labute approximate surface area is 178 Å². The van der Waals surface area contributed by atoms with Crippen LogP contribution in [0.3, 0.4) is 0 Å². The van der Waals surface area contributed by atoms with Crippen LogP contribution in [0.2, 0.25) is 0 Å². The smallest absolute Gasteiger partial charge is 0.206 e. The van der Waals surface area contributed by atoms with Crippen LogP contribution < -0.4 is 4.90 Å². The number of anilines is 1. The molecule has 0 unspecified atom stereocenters. The molecule has 1 N–H and O–H groups in total. The minimum Gasteiger partial charge on any atom is -0.368 e.